The van der Waals surface area contributed by atoms with Gasteiger partial charge in [-0.1, -0.05) is 6.92 Å². The van der Waals surface area contributed by atoms with Crippen LogP contribution >= 0.6 is 15.9 Å². The van der Waals surface area contributed by atoms with Crippen LogP contribution in [0.25, 0.3) is 0 Å². The van der Waals surface area contributed by atoms with Crippen LogP contribution in [0, 0.1) is 5.92 Å². The number of rotatable bonds is 1. The SMILES string of the molecule is CC1CCCN(C(=O)c2ccc(Br)c(N)c2)C1. The molecule has 17 heavy (non-hydrogen) atoms. The third kappa shape index (κ3) is 2.80. The molecule has 1 aromatic carbocycles. The van der Waals surface area contributed by atoms with Crippen LogP contribution in [0.5, 0.6) is 0 Å². The van der Waals surface area contributed by atoms with Crippen molar-refractivity contribution in [1.29, 1.82) is 0 Å². The maximum atomic E-state index is 12.3. The van der Waals surface area contributed by atoms with E-state index >= 15 is 0 Å². The van der Waals surface area contributed by atoms with Crippen molar-refractivity contribution in [3.05, 3.63) is 28.2 Å². The quantitative estimate of drug-likeness (QED) is 0.810. The normalized spacial score (nSPS) is 20.4. The van der Waals surface area contributed by atoms with E-state index in [9.17, 15) is 4.79 Å². The van der Waals surface area contributed by atoms with Crippen LogP contribution in [0.3, 0.4) is 0 Å². The van der Waals surface area contributed by atoms with Gasteiger partial charge in [0.15, 0.2) is 0 Å². The first-order chi connectivity index (χ1) is 8.08. The molecule has 1 aliphatic rings. The highest BCUT2D eigenvalue weighted by molar-refractivity contribution is 9.10. The number of nitrogens with two attached hydrogens (primary N) is 1. The highest BCUT2D eigenvalue weighted by Crippen LogP contribution is 2.23. The predicted molar refractivity (Wildman–Crippen MR) is 72.9 cm³/mol. The number of halogens is 1. The lowest BCUT2D eigenvalue weighted by Crippen LogP contribution is -2.39. The topological polar surface area (TPSA) is 46.3 Å². The van der Waals surface area contributed by atoms with E-state index in [-0.39, 0.29) is 5.91 Å². The highest BCUT2D eigenvalue weighted by atomic mass is 79.9. The molecule has 0 radical (unpaired) electrons. The van der Waals surface area contributed by atoms with E-state index in [0.717, 1.165) is 24.0 Å². The Balaban J connectivity index is 2.15. The van der Waals surface area contributed by atoms with Gasteiger partial charge >= 0.3 is 0 Å². The summed E-state index contributed by atoms with van der Waals surface area (Å²) in [6.07, 6.45) is 2.31. The molecule has 1 aromatic rings. The molecule has 1 atom stereocenters. The fourth-order valence-electron chi connectivity index (χ4n) is 2.23. The third-order valence-electron chi connectivity index (χ3n) is 3.19. The summed E-state index contributed by atoms with van der Waals surface area (Å²) in [4.78, 5) is 14.2. The lowest BCUT2D eigenvalue weighted by Gasteiger charge is -2.31. The van der Waals surface area contributed by atoms with E-state index in [1.54, 1.807) is 6.07 Å². The second-order valence-electron chi connectivity index (χ2n) is 4.73. The van der Waals surface area contributed by atoms with Crippen LogP contribution in [0.2, 0.25) is 0 Å². The van der Waals surface area contributed by atoms with Crippen molar-refractivity contribution in [1.82, 2.24) is 4.90 Å². The van der Waals surface area contributed by atoms with Crippen molar-refractivity contribution in [2.45, 2.75) is 19.8 Å². The van der Waals surface area contributed by atoms with Gasteiger partial charge in [-0.15, -0.1) is 0 Å². The summed E-state index contributed by atoms with van der Waals surface area (Å²) >= 11 is 3.33. The summed E-state index contributed by atoms with van der Waals surface area (Å²) in [5.74, 6) is 0.691. The maximum absolute atomic E-state index is 12.3. The van der Waals surface area contributed by atoms with Crippen LogP contribution in [-0.2, 0) is 0 Å². The molecule has 2 rings (SSSR count). The summed E-state index contributed by atoms with van der Waals surface area (Å²) in [6.45, 7) is 3.91. The van der Waals surface area contributed by atoms with Gasteiger partial charge in [0.05, 0.1) is 0 Å². The standard InChI is InChI=1S/C13H17BrN2O/c1-9-3-2-6-16(8-9)13(17)10-4-5-11(14)12(15)7-10/h4-5,7,9H,2-3,6,8,15H2,1H3. The molecule has 2 N–H and O–H groups in total. The van der Waals surface area contributed by atoms with Gasteiger partial charge in [-0.05, 0) is 52.9 Å². The first-order valence-corrected chi connectivity index (χ1v) is 6.71. The number of hydrogen-bond acceptors (Lipinski definition) is 2. The summed E-state index contributed by atoms with van der Waals surface area (Å²) in [5, 5.41) is 0. The van der Waals surface area contributed by atoms with Crippen LogP contribution in [0.15, 0.2) is 22.7 Å². The predicted octanol–water partition coefficient (Wildman–Crippen LogP) is 2.90. The van der Waals surface area contributed by atoms with Crippen molar-refractivity contribution in [3.63, 3.8) is 0 Å². The number of piperidine rings is 1. The molecule has 0 aromatic heterocycles. The van der Waals surface area contributed by atoms with E-state index in [1.165, 1.54) is 6.42 Å². The minimum atomic E-state index is 0.0933. The zero-order valence-corrected chi connectivity index (χ0v) is 11.5. The van der Waals surface area contributed by atoms with Gasteiger partial charge in [0.2, 0.25) is 0 Å². The van der Waals surface area contributed by atoms with E-state index in [2.05, 4.69) is 22.9 Å². The van der Waals surface area contributed by atoms with Crippen molar-refractivity contribution in [3.8, 4) is 0 Å². The van der Waals surface area contributed by atoms with Crippen molar-refractivity contribution in [2.75, 3.05) is 18.8 Å². The number of hydrogen-bond donors (Lipinski definition) is 1. The van der Waals surface area contributed by atoms with Gasteiger partial charge in [0.25, 0.3) is 5.91 Å². The van der Waals surface area contributed by atoms with Gasteiger partial charge in [-0.2, -0.15) is 0 Å². The fourth-order valence-corrected chi connectivity index (χ4v) is 2.48. The molecule has 0 aliphatic carbocycles. The van der Waals surface area contributed by atoms with E-state index in [0.29, 0.717) is 17.2 Å². The lowest BCUT2D eigenvalue weighted by molar-refractivity contribution is 0.0683. The van der Waals surface area contributed by atoms with Gasteiger partial charge in [0, 0.05) is 28.8 Å². The number of amides is 1. The number of carbonyl (C=O) groups excluding carboxylic acids is 1. The Labute approximate surface area is 110 Å². The van der Waals surface area contributed by atoms with Crippen molar-refractivity contribution in [2.24, 2.45) is 5.92 Å². The van der Waals surface area contributed by atoms with Gasteiger partial charge < -0.3 is 10.6 Å². The maximum Gasteiger partial charge on any atom is 0.253 e. The number of anilines is 1. The molecular formula is C13H17BrN2O. The molecule has 1 amide bonds. The summed E-state index contributed by atoms with van der Waals surface area (Å²) < 4.78 is 0.834. The summed E-state index contributed by atoms with van der Waals surface area (Å²) in [5.41, 5.74) is 7.09. The Morgan fingerprint density at radius 3 is 2.94 bits per heavy atom. The molecule has 0 bridgehead atoms. The highest BCUT2D eigenvalue weighted by Gasteiger charge is 2.22. The molecule has 3 nitrogen and oxygen atoms in total. The van der Waals surface area contributed by atoms with Gasteiger partial charge in [-0.25, -0.2) is 0 Å². The Hall–Kier alpha value is -1.03. The molecule has 1 fully saturated rings. The Kier molecular flexibility index (Phi) is 3.72. The van der Waals surface area contributed by atoms with Crippen molar-refractivity contribution < 1.29 is 4.79 Å². The molecule has 0 saturated carbocycles. The van der Waals surface area contributed by atoms with E-state index < -0.39 is 0 Å². The summed E-state index contributed by atoms with van der Waals surface area (Å²) in [7, 11) is 0. The molecule has 1 saturated heterocycles. The van der Waals surface area contributed by atoms with E-state index in [1.807, 2.05) is 17.0 Å². The number of nitrogen functional groups attached to an aromatic ring is 1. The molecule has 1 heterocycles. The van der Waals surface area contributed by atoms with Crippen LogP contribution < -0.4 is 5.73 Å². The number of nitrogens with zero attached hydrogens (tertiary/aromatic N) is 1. The largest absolute Gasteiger partial charge is 0.398 e. The molecular weight excluding hydrogens is 280 g/mol. The second kappa shape index (κ2) is 5.08. The number of likely N-dealkylation sites (tertiary alicyclic amines) is 1. The first-order valence-electron chi connectivity index (χ1n) is 5.92. The second-order valence-corrected chi connectivity index (χ2v) is 5.59. The first kappa shape index (κ1) is 12.4. The Bertz CT molecular complexity index is 433. The molecule has 4 heteroatoms. The molecule has 1 aliphatic heterocycles. The average Bonchev–Trinajstić information content (AvgIpc) is 2.32. The average molecular weight is 297 g/mol. The number of benzene rings is 1. The molecule has 1 unspecified atom stereocenters. The van der Waals surface area contributed by atoms with Crippen LogP contribution in [-0.4, -0.2) is 23.9 Å². The minimum Gasteiger partial charge on any atom is -0.398 e. The van der Waals surface area contributed by atoms with Crippen LogP contribution in [0.1, 0.15) is 30.1 Å². The van der Waals surface area contributed by atoms with Crippen molar-refractivity contribution >= 4 is 27.5 Å². The van der Waals surface area contributed by atoms with E-state index in [4.69, 9.17) is 5.73 Å². The molecule has 0 spiro atoms. The monoisotopic (exact) mass is 296 g/mol. The third-order valence-corrected chi connectivity index (χ3v) is 3.91. The fraction of sp³-hybridized carbons (Fsp3) is 0.462. The smallest absolute Gasteiger partial charge is 0.253 e. The Morgan fingerprint density at radius 1 is 1.53 bits per heavy atom. The Morgan fingerprint density at radius 2 is 2.29 bits per heavy atom. The zero-order chi connectivity index (χ0) is 12.4. The lowest BCUT2D eigenvalue weighted by atomic mass is 9.99. The van der Waals surface area contributed by atoms with Gasteiger partial charge in [0.1, 0.15) is 0 Å². The molecule has 92 valence electrons. The van der Waals surface area contributed by atoms with Crippen LogP contribution in [0.4, 0.5) is 5.69 Å². The number of carbonyl (C=O) groups is 1. The van der Waals surface area contributed by atoms with Gasteiger partial charge in [-0.3, -0.25) is 4.79 Å². The zero-order valence-electron chi connectivity index (χ0n) is 9.95. The summed E-state index contributed by atoms with van der Waals surface area (Å²) in [6, 6.07) is 5.39. The minimum absolute atomic E-state index is 0.0933.